The summed E-state index contributed by atoms with van der Waals surface area (Å²) in [4.78, 5) is 12.6. The summed E-state index contributed by atoms with van der Waals surface area (Å²) < 4.78 is 66.7. The van der Waals surface area contributed by atoms with Gasteiger partial charge in [-0.25, -0.2) is 0 Å². The summed E-state index contributed by atoms with van der Waals surface area (Å²) in [5, 5.41) is 0.00662. The van der Waals surface area contributed by atoms with E-state index in [0.717, 1.165) is 0 Å². The first-order chi connectivity index (χ1) is 8.70. The number of carbonyl (C=O) groups is 1. The maximum Gasteiger partial charge on any atom is 0.461 e. The molecule has 1 fully saturated rings. The molecule has 0 atom stereocenters. The number of allylic oxidation sites excluding steroid dienone is 2. The van der Waals surface area contributed by atoms with E-state index >= 15 is 0 Å². The van der Waals surface area contributed by atoms with Crippen molar-refractivity contribution >= 4 is 21.7 Å². The Bertz CT molecular complexity index is 363. The summed E-state index contributed by atoms with van der Waals surface area (Å²) in [6.45, 7) is 1.33. The molecule has 0 aromatic rings. The fourth-order valence-corrected chi connectivity index (χ4v) is 1.96. The van der Waals surface area contributed by atoms with Crippen molar-refractivity contribution in [1.29, 1.82) is 0 Å². The normalized spacial score (nSPS) is 18.6. The molecule has 110 valence electrons. The van der Waals surface area contributed by atoms with Gasteiger partial charge in [-0.2, -0.15) is 22.0 Å². The van der Waals surface area contributed by atoms with Crippen LogP contribution in [0.5, 0.6) is 0 Å². The number of ketones is 1. The van der Waals surface area contributed by atoms with Crippen molar-refractivity contribution in [3.8, 4) is 0 Å². The van der Waals surface area contributed by atoms with Gasteiger partial charge in [-0.3, -0.25) is 4.79 Å². The molecule has 0 amide bonds. The van der Waals surface area contributed by atoms with Crippen molar-refractivity contribution in [3.05, 3.63) is 11.8 Å². The fourth-order valence-electron chi connectivity index (χ4n) is 1.45. The summed E-state index contributed by atoms with van der Waals surface area (Å²) in [5.41, 5.74) is 0.0808. The van der Waals surface area contributed by atoms with Crippen LogP contribution >= 0.6 is 15.9 Å². The van der Waals surface area contributed by atoms with Gasteiger partial charge in [0.25, 0.3) is 0 Å². The van der Waals surface area contributed by atoms with Crippen molar-refractivity contribution < 1.29 is 31.5 Å². The smallest absolute Gasteiger partial charge is 0.378 e. The van der Waals surface area contributed by atoms with Gasteiger partial charge >= 0.3 is 12.1 Å². The maximum atomic E-state index is 12.8. The molecule has 0 bridgehead atoms. The molecule has 1 aliphatic heterocycles. The molecule has 0 N–H and O–H groups in total. The van der Waals surface area contributed by atoms with Crippen molar-refractivity contribution in [1.82, 2.24) is 4.90 Å². The minimum Gasteiger partial charge on any atom is -0.378 e. The Labute approximate surface area is 114 Å². The summed E-state index contributed by atoms with van der Waals surface area (Å²) >= 11 is 2.97. The standard InChI is InChI=1S/C10H11BrF5NO2/c11-6-7(17-1-3-19-4-2-17)5-8(18)9(12,13)10(14,15)16/h5H,1-4,6H2/b7-5+. The van der Waals surface area contributed by atoms with Crippen LogP contribution in [0.2, 0.25) is 0 Å². The summed E-state index contributed by atoms with van der Waals surface area (Å²) in [6, 6.07) is 0. The summed E-state index contributed by atoms with van der Waals surface area (Å²) in [7, 11) is 0. The highest BCUT2D eigenvalue weighted by molar-refractivity contribution is 9.09. The van der Waals surface area contributed by atoms with E-state index < -0.39 is 17.9 Å². The lowest BCUT2D eigenvalue weighted by Gasteiger charge is -2.30. The Hall–Kier alpha value is -0.700. The largest absolute Gasteiger partial charge is 0.461 e. The quantitative estimate of drug-likeness (QED) is 0.442. The number of rotatable bonds is 4. The SMILES string of the molecule is O=C(/C=C(\CBr)N1CCOCC1)C(F)(F)C(F)(F)F. The Morgan fingerprint density at radius 3 is 2.16 bits per heavy atom. The molecule has 19 heavy (non-hydrogen) atoms. The van der Waals surface area contributed by atoms with E-state index in [2.05, 4.69) is 15.9 Å². The number of nitrogens with zero attached hydrogens (tertiary/aromatic N) is 1. The lowest BCUT2D eigenvalue weighted by Crippen LogP contribution is -2.44. The molecule has 9 heteroatoms. The first-order valence-corrected chi connectivity index (χ1v) is 6.40. The van der Waals surface area contributed by atoms with Gasteiger partial charge in [-0.15, -0.1) is 0 Å². The van der Waals surface area contributed by atoms with E-state index in [1.165, 1.54) is 4.90 Å². The first kappa shape index (κ1) is 16.4. The molecule has 0 saturated carbocycles. The van der Waals surface area contributed by atoms with E-state index in [-0.39, 0.29) is 11.0 Å². The minimum absolute atomic E-state index is 0.00662. The van der Waals surface area contributed by atoms with Gasteiger partial charge in [0.1, 0.15) is 0 Å². The van der Waals surface area contributed by atoms with Crippen LogP contribution in [0.15, 0.2) is 11.8 Å². The monoisotopic (exact) mass is 351 g/mol. The summed E-state index contributed by atoms with van der Waals surface area (Å²) in [5.74, 6) is -7.63. The van der Waals surface area contributed by atoms with E-state index in [1.54, 1.807) is 0 Å². The van der Waals surface area contributed by atoms with Crippen LogP contribution in [0, 0.1) is 0 Å². The van der Waals surface area contributed by atoms with Gasteiger partial charge in [0.2, 0.25) is 5.78 Å². The van der Waals surface area contributed by atoms with Gasteiger partial charge in [0, 0.05) is 30.2 Å². The van der Waals surface area contributed by atoms with E-state index in [4.69, 9.17) is 4.74 Å². The van der Waals surface area contributed by atoms with Gasteiger partial charge in [-0.05, 0) is 0 Å². The van der Waals surface area contributed by atoms with Crippen LogP contribution in [0.4, 0.5) is 22.0 Å². The van der Waals surface area contributed by atoms with Crippen LogP contribution in [0.3, 0.4) is 0 Å². The first-order valence-electron chi connectivity index (χ1n) is 5.28. The Morgan fingerprint density at radius 1 is 1.21 bits per heavy atom. The molecule has 0 spiro atoms. The molecule has 1 saturated heterocycles. The number of alkyl halides is 6. The Kier molecular flexibility index (Phi) is 5.31. The van der Waals surface area contributed by atoms with Gasteiger partial charge in [0.15, 0.2) is 0 Å². The zero-order chi connectivity index (χ0) is 14.7. The highest BCUT2D eigenvalue weighted by atomic mass is 79.9. The minimum atomic E-state index is -5.89. The second kappa shape index (κ2) is 6.17. The van der Waals surface area contributed by atoms with Gasteiger partial charge in [-0.1, -0.05) is 15.9 Å². The molecular formula is C10H11BrF5NO2. The van der Waals surface area contributed by atoms with E-state index in [9.17, 15) is 26.7 Å². The molecule has 0 radical (unpaired) electrons. The van der Waals surface area contributed by atoms with Crippen LogP contribution in [-0.4, -0.2) is 54.4 Å². The molecule has 0 aliphatic carbocycles. The predicted octanol–water partition coefficient (Wildman–Crippen LogP) is 2.36. The third-order valence-corrected chi connectivity index (χ3v) is 3.09. The zero-order valence-corrected chi connectivity index (χ0v) is 11.2. The summed E-state index contributed by atoms with van der Waals surface area (Å²) in [6.07, 6.45) is -5.55. The molecule has 3 nitrogen and oxygen atoms in total. The average molecular weight is 352 g/mol. The Morgan fingerprint density at radius 2 is 1.74 bits per heavy atom. The molecular weight excluding hydrogens is 341 g/mol. The second-order valence-electron chi connectivity index (χ2n) is 3.81. The molecule has 0 unspecified atom stereocenters. The van der Waals surface area contributed by atoms with E-state index in [0.29, 0.717) is 32.4 Å². The van der Waals surface area contributed by atoms with Crippen molar-refractivity contribution in [2.45, 2.75) is 12.1 Å². The fraction of sp³-hybridized carbons (Fsp3) is 0.700. The lowest BCUT2D eigenvalue weighted by molar-refractivity contribution is -0.266. The lowest BCUT2D eigenvalue weighted by atomic mass is 10.1. The van der Waals surface area contributed by atoms with Crippen molar-refractivity contribution in [2.24, 2.45) is 0 Å². The molecule has 0 aromatic heterocycles. The molecule has 0 aromatic carbocycles. The highest BCUT2D eigenvalue weighted by Crippen LogP contribution is 2.36. The zero-order valence-electron chi connectivity index (χ0n) is 9.64. The van der Waals surface area contributed by atoms with Crippen LogP contribution < -0.4 is 0 Å². The number of ether oxygens (including phenoxy) is 1. The Balaban J connectivity index is 2.88. The number of morpholine rings is 1. The topological polar surface area (TPSA) is 29.5 Å². The maximum absolute atomic E-state index is 12.8. The predicted molar refractivity (Wildman–Crippen MR) is 60.3 cm³/mol. The van der Waals surface area contributed by atoms with Crippen LogP contribution in [0.25, 0.3) is 0 Å². The average Bonchev–Trinajstić information content (AvgIpc) is 2.35. The molecule has 1 heterocycles. The van der Waals surface area contributed by atoms with Gasteiger partial charge < -0.3 is 9.64 Å². The third-order valence-electron chi connectivity index (χ3n) is 2.52. The van der Waals surface area contributed by atoms with E-state index in [1.807, 2.05) is 0 Å². The number of carbonyl (C=O) groups excluding carboxylic acids is 1. The van der Waals surface area contributed by atoms with Crippen molar-refractivity contribution in [3.63, 3.8) is 0 Å². The van der Waals surface area contributed by atoms with Crippen LogP contribution in [-0.2, 0) is 9.53 Å². The van der Waals surface area contributed by atoms with Crippen molar-refractivity contribution in [2.75, 3.05) is 31.6 Å². The number of hydrogen-bond acceptors (Lipinski definition) is 3. The number of halogens is 6. The van der Waals surface area contributed by atoms with Gasteiger partial charge in [0.05, 0.1) is 13.2 Å². The second-order valence-corrected chi connectivity index (χ2v) is 4.37. The highest BCUT2D eigenvalue weighted by Gasteiger charge is 2.62. The molecule has 1 aliphatic rings. The molecule has 1 rings (SSSR count). The third kappa shape index (κ3) is 3.88. The number of hydrogen-bond donors (Lipinski definition) is 0. The van der Waals surface area contributed by atoms with Crippen LogP contribution in [0.1, 0.15) is 0 Å².